The molecule has 7 heteroatoms. The van der Waals surface area contributed by atoms with Crippen LogP contribution < -0.4 is 10.6 Å². The van der Waals surface area contributed by atoms with Crippen molar-refractivity contribution in [2.24, 2.45) is 0 Å². The van der Waals surface area contributed by atoms with E-state index in [-0.39, 0.29) is 11.9 Å². The average molecular weight is 394 g/mol. The van der Waals surface area contributed by atoms with Crippen LogP contribution in [0.2, 0.25) is 0 Å². The Kier molecular flexibility index (Phi) is 6.55. The van der Waals surface area contributed by atoms with Gasteiger partial charge in [-0.05, 0) is 50.8 Å². The van der Waals surface area contributed by atoms with Crippen molar-refractivity contribution in [2.45, 2.75) is 42.9 Å². The Balaban J connectivity index is 1.50. The fraction of sp³-hybridized carbons (Fsp3) is 0.650. The molecule has 2 N–H and O–H groups in total. The summed E-state index contributed by atoms with van der Waals surface area (Å²) in [5.74, 6) is -0.297. The summed E-state index contributed by atoms with van der Waals surface area (Å²) in [4.78, 5) is 15.3. The minimum atomic E-state index is -3.45. The van der Waals surface area contributed by atoms with Gasteiger partial charge in [0, 0.05) is 31.9 Å². The first kappa shape index (κ1) is 20.3. The lowest BCUT2D eigenvalue weighted by atomic mass is 9.94. The summed E-state index contributed by atoms with van der Waals surface area (Å²) in [5, 5.41) is 6.21. The Morgan fingerprint density at radius 1 is 1.19 bits per heavy atom. The molecule has 0 saturated carbocycles. The number of carbonyl (C=O) groups is 1. The fourth-order valence-corrected chi connectivity index (χ4v) is 5.49. The molecule has 2 saturated heterocycles. The van der Waals surface area contributed by atoms with Crippen molar-refractivity contribution < 1.29 is 13.2 Å². The van der Waals surface area contributed by atoms with Crippen LogP contribution in [0, 0.1) is 0 Å². The highest BCUT2D eigenvalue weighted by Gasteiger charge is 2.49. The quantitative estimate of drug-likeness (QED) is 0.753. The van der Waals surface area contributed by atoms with Gasteiger partial charge >= 0.3 is 0 Å². The molecule has 0 aliphatic carbocycles. The van der Waals surface area contributed by atoms with Crippen LogP contribution in [-0.2, 0) is 21.1 Å². The average Bonchev–Trinajstić information content (AvgIpc) is 2.68. The molecule has 0 aromatic heterocycles. The van der Waals surface area contributed by atoms with Crippen LogP contribution in [0.4, 0.5) is 0 Å². The van der Waals surface area contributed by atoms with Gasteiger partial charge in [0.25, 0.3) is 0 Å². The summed E-state index contributed by atoms with van der Waals surface area (Å²) in [7, 11) is -3.45. The van der Waals surface area contributed by atoms with Crippen LogP contribution in [0.15, 0.2) is 30.3 Å². The number of nitrogens with zero attached hydrogens (tertiary/aromatic N) is 1. The van der Waals surface area contributed by atoms with Gasteiger partial charge in [-0.3, -0.25) is 4.79 Å². The minimum absolute atomic E-state index is 0.0685. The number of sulfone groups is 1. The molecule has 0 atom stereocenters. The van der Waals surface area contributed by atoms with Crippen LogP contribution >= 0.6 is 0 Å². The number of likely N-dealkylation sites (tertiary alicyclic amines) is 1. The number of nitrogens with one attached hydrogen (secondary N) is 2. The number of hydrogen-bond acceptors (Lipinski definition) is 5. The van der Waals surface area contributed by atoms with Crippen LogP contribution in [0.25, 0.3) is 0 Å². The summed E-state index contributed by atoms with van der Waals surface area (Å²) in [6, 6.07) is 10.5. The molecule has 27 heavy (non-hydrogen) atoms. The highest BCUT2D eigenvalue weighted by molar-refractivity contribution is 7.92. The summed E-state index contributed by atoms with van der Waals surface area (Å²) in [6.45, 7) is 4.02. The number of benzene rings is 1. The van der Waals surface area contributed by atoms with E-state index >= 15 is 0 Å². The van der Waals surface area contributed by atoms with E-state index in [1.165, 1.54) is 11.8 Å². The maximum absolute atomic E-state index is 12.9. The van der Waals surface area contributed by atoms with Crippen molar-refractivity contribution in [3.8, 4) is 0 Å². The lowest BCUT2D eigenvalue weighted by molar-refractivity contribution is -0.125. The molecule has 0 spiro atoms. The van der Waals surface area contributed by atoms with Gasteiger partial charge in [0.05, 0.1) is 0 Å². The molecule has 2 aliphatic heterocycles. The monoisotopic (exact) mass is 393 g/mol. The highest BCUT2D eigenvalue weighted by Crippen LogP contribution is 2.28. The van der Waals surface area contributed by atoms with E-state index in [0.29, 0.717) is 25.9 Å². The largest absolute Gasteiger partial charge is 0.352 e. The second kappa shape index (κ2) is 8.71. The molecule has 2 fully saturated rings. The Hall–Kier alpha value is -1.44. The predicted octanol–water partition coefficient (Wildman–Crippen LogP) is 0.977. The summed E-state index contributed by atoms with van der Waals surface area (Å²) < 4.78 is 23.5. The van der Waals surface area contributed by atoms with E-state index in [9.17, 15) is 13.2 Å². The molecule has 3 rings (SSSR count). The van der Waals surface area contributed by atoms with Crippen molar-refractivity contribution in [1.82, 2.24) is 15.5 Å². The first-order chi connectivity index (χ1) is 12.9. The Labute approximate surface area is 162 Å². The molecule has 2 aliphatic rings. The van der Waals surface area contributed by atoms with E-state index in [2.05, 4.69) is 39.8 Å². The molecule has 0 bridgehead atoms. The zero-order valence-corrected chi connectivity index (χ0v) is 16.9. The molecule has 0 unspecified atom stereocenters. The van der Waals surface area contributed by atoms with Gasteiger partial charge in [-0.25, -0.2) is 8.42 Å². The maximum atomic E-state index is 12.9. The third-order valence-electron chi connectivity index (χ3n) is 6.02. The number of amides is 1. The number of piperidine rings is 2. The zero-order chi connectivity index (χ0) is 19.3. The van der Waals surface area contributed by atoms with Crippen LogP contribution in [0.5, 0.6) is 0 Å². The van der Waals surface area contributed by atoms with Crippen LogP contribution in [-0.4, -0.2) is 69.0 Å². The number of hydrogen-bond donors (Lipinski definition) is 2. The molecule has 150 valence electrons. The molecule has 0 radical (unpaired) electrons. The van der Waals surface area contributed by atoms with Crippen molar-refractivity contribution in [2.75, 3.05) is 39.0 Å². The van der Waals surface area contributed by atoms with Gasteiger partial charge in [0.2, 0.25) is 5.91 Å². The maximum Gasteiger partial charge on any atom is 0.241 e. The smallest absolute Gasteiger partial charge is 0.241 e. The standard InChI is InChI=1S/C20H31N3O3S/c1-27(25,26)20(10-12-21-13-11-20)19(24)22-18-8-15-23(16-9-18)14-7-17-5-3-2-4-6-17/h2-6,18,21H,7-16H2,1H3,(H,22,24). The third-order valence-corrected chi connectivity index (χ3v) is 8.03. The number of carbonyl (C=O) groups excluding carboxylic acids is 1. The Bertz CT molecular complexity index is 722. The first-order valence-corrected chi connectivity index (χ1v) is 11.8. The van der Waals surface area contributed by atoms with Gasteiger partial charge in [-0.2, -0.15) is 0 Å². The number of rotatable bonds is 6. The van der Waals surface area contributed by atoms with E-state index in [0.717, 1.165) is 38.9 Å². The van der Waals surface area contributed by atoms with Crippen molar-refractivity contribution >= 4 is 15.7 Å². The molecule has 2 heterocycles. The van der Waals surface area contributed by atoms with Gasteiger partial charge < -0.3 is 15.5 Å². The van der Waals surface area contributed by atoms with Crippen molar-refractivity contribution in [3.63, 3.8) is 0 Å². The van der Waals surface area contributed by atoms with Crippen molar-refractivity contribution in [3.05, 3.63) is 35.9 Å². The topological polar surface area (TPSA) is 78.5 Å². The second-order valence-electron chi connectivity index (χ2n) is 7.84. The SMILES string of the molecule is CS(=O)(=O)C1(C(=O)NC2CCN(CCc3ccccc3)CC2)CCNCC1. The van der Waals surface area contributed by atoms with Gasteiger partial charge in [-0.1, -0.05) is 30.3 Å². The lowest BCUT2D eigenvalue weighted by Gasteiger charge is -2.38. The van der Waals surface area contributed by atoms with Gasteiger partial charge in [-0.15, -0.1) is 0 Å². The van der Waals surface area contributed by atoms with E-state index < -0.39 is 14.6 Å². The molecular weight excluding hydrogens is 362 g/mol. The predicted molar refractivity (Wildman–Crippen MR) is 107 cm³/mol. The summed E-state index contributed by atoms with van der Waals surface area (Å²) in [6.07, 6.45) is 4.69. The third kappa shape index (κ3) is 4.89. The summed E-state index contributed by atoms with van der Waals surface area (Å²) in [5.41, 5.74) is 1.34. The molecule has 1 aromatic rings. The summed E-state index contributed by atoms with van der Waals surface area (Å²) >= 11 is 0. The molecule has 1 aromatic carbocycles. The van der Waals surface area contributed by atoms with E-state index in [1.807, 2.05) is 6.07 Å². The van der Waals surface area contributed by atoms with Gasteiger partial charge in [0.15, 0.2) is 14.6 Å². The molecule has 6 nitrogen and oxygen atoms in total. The fourth-order valence-electron chi connectivity index (χ4n) is 4.15. The van der Waals surface area contributed by atoms with Crippen LogP contribution in [0.1, 0.15) is 31.2 Å². The highest BCUT2D eigenvalue weighted by atomic mass is 32.2. The zero-order valence-electron chi connectivity index (χ0n) is 16.1. The van der Waals surface area contributed by atoms with E-state index in [4.69, 9.17) is 0 Å². The molecule has 1 amide bonds. The van der Waals surface area contributed by atoms with Crippen molar-refractivity contribution in [1.29, 1.82) is 0 Å². The second-order valence-corrected chi connectivity index (χ2v) is 10.2. The van der Waals surface area contributed by atoms with Crippen LogP contribution in [0.3, 0.4) is 0 Å². The lowest BCUT2D eigenvalue weighted by Crippen LogP contribution is -2.59. The molecular formula is C20H31N3O3S. The van der Waals surface area contributed by atoms with E-state index in [1.54, 1.807) is 0 Å². The minimum Gasteiger partial charge on any atom is -0.352 e. The Morgan fingerprint density at radius 2 is 1.81 bits per heavy atom. The Morgan fingerprint density at radius 3 is 2.41 bits per heavy atom. The normalized spacial score (nSPS) is 21.7. The van der Waals surface area contributed by atoms with Gasteiger partial charge in [0.1, 0.15) is 0 Å². The first-order valence-electron chi connectivity index (χ1n) is 9.88.